The van der Waals surface area contributed by atoms with E-state index in [9.17, 15) is 0 Å². The van der Waals surface area contributed by atoms with Gasteiger partial charge in [0.15, 0.2) is 5.13 Å². The Balaban J connectivity index is 1.44. The van der Waals surface area contributed by atoms with Crippen molar-refractivity contribution in [1.29, 1.82) is 0 Å². The van der Waals surface area contributed by atoms with E-state index in [4.69, 9.17) is 19.8 Å². The second-order valence-corrected chi connectivity index (χ2v) is 9.19. The van der Waals surface area contributed by atoms with E-state index in [0.29, 0.717) is 5.88 Å². The molecular weight excluding hydrogens is 422 g/mol. The van der Waals surface area contributed by atoms with Crippen LogP contribution in [0, 0.1) is 6.92 Å². The summed E-state index contributed by atoms with van der Waals surface area (Å²) < 4.78 is 9.57. The summed E-state index contributed by atoms with van der Waals surface area (Å²) in [7, 11) is 1.63. The van der Waals surface area contributed by atoms with Crippen molar-refractivity contribution in [3.05, 3.63) is 47.0 Å². The van der Waals surface area contributed by atoms with Gasteiger partial charge in [-0.1, -0.05) is 0 Å². The first-order chi connectivity index (χ1) is 15.5. The van der Waals surface area contributed by atoms with Crippen LogP contribution in [0.15, 0.2) is 30.0 Å². The third-order valence-corrected chi connectivity index (χ3v) is 6.44. The second kappa shape index (κ2) is 8.38. The molecular formula is C23H27N7OS. The van der Waals surface area contributed by atoms with E-state index in [2.05, 4.69) is 28.8 Å². The summed E-state index contributed by atoms with van der Waals surface area (Å²) in [5.41, 5.74) is 5.93. The molecule has 32 heavy (non-hydrogen) atoms. The van der Waals surface area contributed by atoms with Gasteiger partial charge in [0.2, 0.25) is 5.88 Å². The number of nitrogens with one attached hydrogen (secondary N) is 1. The normalized spacial score (nSPS) is 13.4. The summed E-state index contributed by atoms with van der Waals surface area (Å²) in [6.07, 6.45) is 8.25. The van der Waals surface area contributed by atoms with Crippen molar-refractivity contribution in [1.82, 2.24) is 29.3 Å². The van der Waals surface area contributed by atoms with Crippen molar-refractivity contribution in [2.45, 2.75) is 52.5 Å². The fourth-order valence-corrected chi connectivity index (χ4v) is 4.81. The van der Waals surface area contributed by atoms with Crippen LogP contribution in [0.2, 0.25) is 0 Å². The number of nitrogens with zero attached hydrogens (tertiary/aromatic N) is 6. The molecule has 8 nitrogen and oxygen atoms in total. The number of hydrogen-bond acceptors (Lipinski definition) is 7. The Morgan fingerprint density at radius 1 is 1.12 bits per heavy atom. The second-order valence-electron chi connectivity index (χ2n) is 8.33. The van der Waals surface area contributed by atoms with Gasteiger partial charge in [-0.3, -0.25) is 0 Å². The molecule has 0 atom stereocenters. The molecule has 4 heterocycles. The van der Waals surface area contributed by atoms with Gasteiger partial charge in [0, 0.05) is 23.2 Å². The SMILES string of the molecule is COc1nc(-c2csc(Nc3c4c(nn3C(C)C)CCCC4)n2)ccc1-n1cnc(C)c1. The van der Waals surface area contributed by atoms with Crippen molar-refractivity contribution in [3.63, 3.8) is 0 Å². The number of ether oxygens (including phenoxy) is 1. The fourth-order valence-electron chi connectivity index (χ4n) is 4.11. The maximum Gasteiger partial charge on any atom is 0.238 e. The van der Waals surface area contributed by atoms with Crippen LogP contribution >= 0.6 is 11.3 Å². The highest BCUT2D eigenvalue weighted by atomic mass is 32.1. The van der Waals surface area contributed by atoms with Crippen LogP contribution < -0.4 is 10.1 Å². The Morgan fingerprint density at radius 3 is 2.72 bits per heavy atom. The predicted octanol–water partition coefficient (Wildman–Crippen LogP) is 5.11. The number of pyridine rings is 1. The lowest BCUT2D eigenvalue weighted by molar-refractivity contribution is 0.396. The highest BCUT2D eigenvalue weighted by Crippen LogP contribution is 2.34. The lowest BCUT2D eigenvalue weighted by atomic mass is 9.97. The summed E-state index contributed by atoms with van der Waals surface area (Å²) in [6, 6.07) is 4.23. The van der Waals surface area contributed by atoms with Gasteiger partial charge in [0.1, 0.15) is 17.2 Å². The van der Waals surface area contributed by atoms with Gasteiger partial charge in [-0.05, 0) is 58.6 Å². The van der Waals surface area contributed by atoms with Crippen LogP contribution in [0.25, 0.3) is 17.1 Å². The highest BCUT2D eigenvalue weighted by Gasteiger charge is 2.23. The van der Waals surface area contributed by atoms with Gasteiger partial charge in [0.05, 0.1) is 30.5 Å². The summed E-state index contributed by atoms with van der Waals surface area (Å²) in [6.45, 7) is 6.28. The first-order valence-electron chi connectivity index (χ1n) is 10.9. The standard InChI is InChI=1S/C23H27N7OS/c1-14(2)30-21(16-7-5-6-8-17(16)28-30)27-23-26-19(12-32-23)18-9-10-20(22(25-18)31-4)29-11-15(3)24-13-29/h9-14H,5-8H2,1-4H3,(H,26,27). The van der Waals surface area contributed by atoms with E-state index in [0.717, 1.165) is 46.6 Å². The number of rotatable bonds is 6. The summed E-state index contributed by atoms with van der Waals surface area (Å²) in [5.74, 6) is 1.61. The molecule has 5 rings (SSSR count). The van der Waals surface area contributed by atoms with Crippen molar-refractivity contribution in [3.8, 4) is 23.0 Å². The highest BCUT2D eigenvalue weighted by molar-refractivity contribution is 7.14. The first kappa shape index (κ1) is 20.7. The van der Waals surface area contributed by atoms with Gasteiger partial charge in [0.25, 0.3) is 0 Å². The molecule has 4 aromatic heterocycles. The third-order valence-electron chi connectivity index (χ3n) is 5.69. The van der Waals surface area contributed by atoms with Crippen LogP contribution in [0.5, 0.6) is 5.88 Å². The van der Waals surface area contributed by atoms with Crippen LogP contribution in [0.4, 0.5) is 10.9 Å². The number of aryl methyl sites for hydroxylation is 2. The van der Waals surface area contributed by atoms with E-state index in [-0.39, 0.29) is 6.04 Å². The quantitative estimate of drug-likeness (QED) is 0.441. The van der Waals surface area contributed by atoms with Crippen molar-refractivity contribution < 1.29 is 4.74 Å². The Bertz CT molecular complexity index is 1250. The zero-order valence-corrected chi connectivity index (χ0v) is 19.6. The molecule has 0 bridgehead atoms. The smallest absolute Gasteiger partial charge is 0.238 e. The molecule has 9 heteroatoms. The Kier molecular flexibility index (Phi) is 5.42. The molecule has 0 saturated heterocycles. The minimum Gasteiger partial charge on any atom is -0.479 e. The topological polar surface area (TPSA) is 82.7 Å². The largest absolute Gasteiger partial charge is 0.479 e. The number of thiazole rings is 1. The molecule has 0 unspecified atom stereocenters. The predicted molar refractivity (Wildman–Crippen MR) is 126 cm³/mol. The number of imidazole rings is 1. The number of anilines is 2. The van der Waals surface area contributed by atoms with E-state index < -0.39 is 0 Å². The summed E-state index contributed by atoms with van der Waals surface area (Å²) in [5, 5.41) is 11.3. The maximum atomic E-state index is 5.56. The molecule has 0 aliphatic heterocycles. The Hall–Kier alpha value is -3.20. The minimum absolute atomic E-state index is 0.285. The van der Waals surface area contributed by atoms with Gasteiger partial charge >= 0.3 is 0 Å². The Morgan fingerprint density at radius 2 is 1.97 bits per heavy atom. The lowest BCUT2D eigenvalue weighted by Crippen LogP contribution is -2.08. The van der Waals surface area contributed by atoms with E-state index in [1.807, 2.05) is 35.2 Å². The van der Waals surface area contributed by atoms with Gasteiger partial charge in [-0.15, -0.1) is 11.3 Å². The Labute approximate surface area is 191 Å². The minimum atomic E-state index is 0.285. The number of hydrogen-bond donors (Lipinski definition) is 1. The molecule has 166 valence electrons. The summed E-state index contributed by atoms with van der Waals surface area (Å²) >= 11 is 1.57. The van der Waals surface area contributed by atoms with Crippen LogP contribution in [0.3, 0.4) is 0 Å². The first-order valence-corrected chi connectivity index (χ1v) is 11.8. The zero-order valence-electron chi connectivity index (χ0n) is 18.8. The molecule has 1 aliphatic rings. The lowest BCUT2D eigenvalue weighted by Gasteiger charge is -2.14. The average molecular weight is 450 g/mol. The van der Waals surface area contributed by atoms with Gasteiger partial charge in [-0.2, -0.15) is 5.10 Å². The van der Waals surface area contributed by atoms with E-state index in [1.165, 1.54) is 24.1 Å². The summed E-state index contributed by atoms with van der Waals surface area (Å²) in [4.78, 5) is 13.8. The molecule has 0 amide bonds. The molecule has 0 saturated carbocycles. The molecule has 0 radical (unpaired) electrons. The zero-order chi connectivity index (χ0) is 22.2. The molecule has 0 spiro atoms. The fraction of sp³-hybridized carbons (Fsp3) is 0.391. The molecule has 0 fully saturated rings. The van der Waals surface area contributed by atoms with Crippen LogP contribution in [-0.4, -0.2) is 36.4 Å². The van der Waals surface area contributed by atoms with Gasteiger partial charge < -0.3 is 14.6 Å². The van der Waals surface area contributed by atoms with Crippen molar-refractivity contribution >= 4 is 22.3 Å². The maximum absolute atomic E-state index is 5.56. The average Bonchev–Trinajstić information content (AvgIpc) is 3.53. The van der Waals surface area contributed by atoms with E-state index >= 15 is 0 Å². The third kappa shape index (κ3) is 3.77. The molecule has 1 N–H and O–H groups in total. The van der Waals surface area contributed by atoms with E-state index in [1.54, 1.807) is 24.8 Å². The number of methoxy groups -OCH3 is 1. The molecule has 4 aromatic rings. The molecule has 0 aromatic carbocycles. The van der Waals surface area contributed by atoms with Gasteiger partial charge in [-0.25, -0.2) is 19.6 Å². The van der Waals surface area contributed by atoms with Crippen molar-refractivity contribution in [2.75, 3.05) is 12.4 Å². The molecule has 1 aliphatic carbocycles. The number of fused-ring (bicyclic) bond motifs is 1. The van der Waals surface area contributed by atoms with Crippen LogP contribution in [0.1, 0.15) is 49.7 Å². The number of aromatic nitrogens is 6. The van der Waals surface area contributed by atoms with Crippen LogP contribution in [-0.2, 0) is 12.8 Å². The monoisotopic (exact) mass is 449 g/mol. The van der Waals surface area contributed by atoms with Crippen molar-refractivity contribution in [2.24, 2.45) is 0 Å².